The summed E-state index contributed by atoms with van der Waals surface area (Å²) in [4.78, 5) is 23.7. The molecule has 0 radical (unpaired) electrons. The van der Waals surface area contributed by atoms with E-state index in [2.05, 4.69) is 21.4 Å². The Kier molecular flexibility index (Phi) is 5.72. The normalized spacial score (nSPS) is 29.3. The van der Waals surface area contributed by atoms with E-state index < -0.39 is 11.4 Å². The van der Waals surface area contributed by atoms with Crippen molar-refractivity contribution in [3.63, 3.8) is 0 Å². The van der Waals surface area contributed by atoms with E-state index in [1.165, 1.54) is 5.57 Å². The Hall–Kier alpha value is -2.03. The van der Waals surface area contributed by atoms with Crippen LogP contribution in [0.4, 0.5) is 4.79 Å². The predicted molar refractivity (Wildman–Crippen MR) is 119 cm³/mol. The molecule has 3 fully saturated rings. The number of hydrogen-bond acceptors (Lipinski definition) is 7. The number of likely N-dealkylation sites (tertiary alicyclic amines) is 1. The highest BCUT2D eigenvalue weighted by molar-refractivity contribution is 5.68. The van der Waals surface area contributed by atoms with Crippen LogP contribution >= 0.6 is 0 Å². The molecule has 174 valence electrons. The number of carbonyl (C=O) groups excluding carboxylic acids is 1. The van der Waals surface area contributed by atoms with Crippen molar-refractivity contribution in [1.29, 1.82) is 0 Å². The molecule has 1 N–H and O–H groups in total. The minimum absolute atomic E-state index is 0.216. The molecule has 1 spiro atoms. The summed E-state index contributed by atoms with van der Waals surface area (Å²) in [5.41, 5.74) is 1.88. The van der Waals surface area contributed by atoms with Gasteiger partial charge in [-0.2, -0.15) is 0 Å². The maximum Gasteiger partial charge on any atom is 0.410 e. The molecule has 1 aliphatic carbocycles. The van der Waals surface area contributed by atoms with Gasteiger partial charge < -0.3 is 24.4 Å². The Morgan fingerprint density at radius 3 is 2.66 bits per heavy atom. The van der Waals surface area contributed by atoms with Gasteiger partial charge in [0.15, 0.2) is 5.79 Å². The van der Waals surface area contributed by atoms with Crippen molar-refractivity contribution in [3.8, 4) is 0 Å². The van der Waals surface area contributed by atoms with Gasteiger partial charge in [0.05, 0.1) is 13.2 Å². The minimum atomic E-state index is -0.471. The highest BCUT2D eigenvalue weighted by Crippen LogP contribution is 2.38. The number of nitrogens with one attached hydrogen (secondary N) is 1. The van der Waals surface area contributed by atoms with Gasteiger partial charge in [0.1, 0.15) is 11.4 Å². The number of piperazine rings is 1. The first kappa shape index (κ1) is 21.8. The van der Waals surface area contributed by atoms with Crippen molar-refractivity contribution in [3.05, 3.63) is 29.9 Å². The molecule has 3 saturated heterocycles. The molecular weight excluding hydrogens is 408 g/mol. The fourth-order valence-corrected chi connectivity index (χ4v) is 5.33. The summed E-state index contributed by atoms with van der Waals surface area (Å²) < 4.78 is 17.2. The second-order valence-electron chi connectivity index (χ2n) is 10.5. The van der Waals surface area contributed by atoms with Crippen LogP contribution in [-0.2, 0) is 20.6 Å². The number of nitrogens with zero attached hydrogens (tertiary/aromatic N) is 3. The highest BCUT2D eigenvalue weighted by Gasteiger charge is 2.42. The summed E-state index contributed by atoms with van der Waals surface area (Å²) in [6, 6.07) is 0.568. The van der Waals surface area contributed by atoms with Gasteiger partial charge in [-0.15, -0.1) is 0 Å². The van der Waals surface area contributed by atoms with Gasteiger partial charge in [-0.25, -0.2) is 14.8 Å². The average Bonchev–Trinajstić information content (AvgIpc) is 3.31. The van der Waals surface area contributed by atoms with Gasteiger partial charge in [0.25, 0.3) is 0 Å². The first-order valence-electron chi connectivity index (χ1n) is 11.8. The maximum atomic E-state index is 12.5. The zero-order chi connectivity index (χ0) is 22.3. The maximum absolute atomic E-state index is 12.5. The van der Waals surface area contributed by atoms with Crippen LogP contribution in [0, 0.1) is 5.92 Å². The number of ether oxygens (including phenoxy) is 3. The van der Waals surface area contributed by atoms with Crippen molar-refractivity contribution in [2.75, 3.05) is 26.3 Å². The second kappa shape index (κ2) is 8.39. The summed E-state index contributed by atoms with van der Waals surface area (Å²) in [6.45, 7) is 8.47. The van der Waals surface area contributed by atoms with Crippen LogP contribution in [0.25, 0.3) is 5.57 Å². The number of amides is 1. The van der Waals surface area contributed by atoms with E-state index in [0.717, 1.165) is 43.5 Å². The minimum Gasteiger partial charge on any atom is -0.444 e. The Morgan fingerprint density at radius 1 is 1.25 bits per heavy atom. The van der Waals surface area contributed by atoms with Crippen molar-refractivity contribution in [2.24, 2.45) is 5.92 Å². The molecule has 2 bridgehead atoms. The first-order valence-corrected chi connectivity index (χ1v) is 11.8. The van der Waals surface area contributed by atoms with E-state index in [-0.39, 0.29) is 12.1 Å². The lowest BCUT2D eigenvalue weighted by atomic mass is 9.91. The zero-order valence-electron chi connectivity index (χ0n) is 19.3. The van der Waals surface area contributed by atoms with Crippen molar-refractivity contribution < 1.29 is 19.0 Å². The Morgan fingerprint density at radius 2 is 2.00 bits per heavy atom. The van der Waals surface area contributed by atoms with E-state index in [1.807, 2.05) is 38.1 Å². The summed E-state index contributed by atoms with van der Waals surface area (Å²) in [5.74, 6) is 0.890. The predicted octanol–water partition coefficient (Wildman–Crippen LogP) is 2.93. The monoisotopic (exact) mass is 442 g/mol. The fraction of sp³-hybridized carbons (Fsp3) is 0.708. The van der Waals surface area contributed by atoms with Crippen LogP contribution in [0.15, 0.2) is 18.5 Å². The fourth-order valence-electron chi connectivity index (χ4n) is 5.33. The standard InChI is InChI=1S/C24H34N4O4/c1-23(2,3)32-22(29)28-14-19-10-17(20(15-28)27-19)11-21-25-12-18(13-26-21)16-4-6-24(7-5-16)30-8-9-31-24/h4,12-13,17,19-20,27H,5-11,14-15H2,1-3H3. The van der Waals surface area contributed by atoms with E-state index >= 15 is 0 Å². The molecule has 32 heavy (non-hydrogen) atoms. The summed E-state index contributed by atoms with van der Waals surface area (Å²) in [6.07, 6.45) is 10.3. The van der Waals surface area contributed by atoms with Crippen molar-refractivity contribution >= 4 is 11.7 Å². The largest absolute Gasteiger partial charge is 0.444 e. The molecule has 8 nitrogen and oxygen atoms in total. The Bertz CT molecular complexity index is 873. The zero-order valence-corrected chi connectivity index (χ0v) is 19.3. The third-order valence-electron chi connectivity index (χ3n) is 6.88. The molecule has 4 heterocycles. The molecule has 3 unspecified atom stereocenters. The summed E-state index contributed by atoms with van der Waals surface area (Å²) >= 11 is 0. The number of aromatic nitrogens is 2. The molecule has 1 aromatic rings. The van der Waals surface area contributed by atoms with Crippen LogP contribution in [0.5, 0.6) is 0 Å². The first-order chi connectivity index (χ1) is 15.3. The molecular formula is C24H34N4O4. The molecule has 1 amide bonds. The molecule has 5 rings (SSSR count). The molecule has 4 aliphatic rings. The number of hydrogen-bond donors (Lipinski definition) is 1. The van der Waals surface area contributed by atoms with Crippen LogP contribution in [0.2, 0.25) is 0 Å². The SMILES string of the molecule is CC(C)(C)OC(=O)N1CC2CC(Cc3ncc(C4=CCC5(CC4)OCCO5)cn3)C(C1)N2. The van der Waals surface area contributed by atoms with Crippen LogP contribution in [0.1, 0.15) is 57.8 Å². The van der Waals surface area contributed by atoms with Crippen molar-refractivity contribution in [1.82, 2.24) is 20.2 Å². The average molecular weight is 443 g/mol. The molecule has 8 heteroatoms. The van der Waals surface area contributed by atoms with E-state index in [1.54, 1.807) is 0 Å². The molecule has 3 atom stereocenters. The number of rotatable bonds is 3. The van der Waals surface area contributed by atoms with E-state index in [9.17, 15) is 4.79 Å². The van der Waals surface area contributed by atoms with Gasteiger partial charge in [0, 0.05) is 62.4 Å². The lowest BCUT2D eigenvalue weighted by molar-refractivity contribution is -0.159. The third-order valence-corrected chi connectivity index (χ3v) is 6.88. The number of allylic oxidation sites excluding steroid dienone is 1. The van der Waals surface area contributed by atoms with Gasteiger partial charge >= 0.3 is 6.09 Å². The Labute approximate surface area is 189 Å². The topological polar surface area (TPSA) is 85.8 Å². The lowest BCUT2D eigenvalue weighted by Crippen LogP contribution is -2.54. The molecule has 0 saturated carbocycles. The van der Waals surface area contributed by atoms with E-state index in [0.29, 0.717) is 38.3 Å². The van der Waals surface area contributed by atoms with Crippen molar-refractivity contribution in [2.45, 2.75) is 76.3 Å². The summed E-state index contributed by atoms with van der Waals surface area (Å²) in [7, 11) is 0. The third kappa shape index (κ3) is 4.67. The van der Waals surface area contributed by atoms with Crippen LogP contribution in [-0.4, -0.2) is 70.7 Å². The number of fused-ring (bicyclic) bond motifs is 2. The smallest absolute Gasteiger partial charge is 0.410 e. The van der Waals surface area contributed by atoms with Gasteiger partial charge in [0.2, 0.25) is 0 Å². The molecule has 0 aromatic carbocycles. The molecule has 3 aliphatic heterocycles. The Balaban J connectivity index is 1.18. The number of carbonyl (C=O) groups is 1. The van der Waals surface area contributed by atoms with E-state index in [4.69, 9.17) is 14.2 Å². The van der Waals surface area contributed by atoms with Gasteiger partial charge in [-0.3, -0.25) is 0 Å². The highest BCUT2D eigenvalue weighted by atomic mass is 16.7. The van der Waals surface area contributed by atoms with Crippen LogP contribution in [0.3, 0.4) is 0 Å². The van der Waals surface area contributed by atoms with Gasteiger partial charge in [-0.1, -0.05) is 6.08 Å². The summed E-state index contributed by atoms with van der Waals surface area (Å²) in [5, 5.41) is 3.66. The van der Waals surface area contributed by atoms with Crippen LogP contribution < -0.4 is 5.32 Å². The van der Waals surface area contributed by atoms with Gasteiger partial charge in [-0.05, 0) is 45.1 Å². The molecule has 1 aromatic heterocycles. The quantitative estimate of drug-likeness (QED) is 0.770. The lowest BCUT2D eigenvalue weighted by Gasteiger charge is -2.34. The second-order valence-corrected chi connectivity index (χ2v) is 10.5.